The Hall–Kier alpha value is -0.920. The molecule has 0 spiro atoms. The van der Waals surface area contributed by atoms with E-state index >= 15 is 0 Å². The maximum Gasteiger partial charge on any atom is 0.246 e. The van der Waals surface area contributed by atoms with Gasteiger partial charge in [-0.05, 0) is 6.92 Å². The van der Waals surface area contributed by atoms with E-state index in [0.29, 0.717) is 19.7 Å². The molecule has 7 heteroatoms. The molecule has 2 heterocycles. The topological polar surface area (TPSA) is 64.4 Å². The van der Waals surface area contributed by atoms with Crippen molar-refractivity contribution >= 4 is 10.0 Å². The van der Waals surface area contributed by atoms with Crippen LogP contribution in [0.5, 0.6) is 0 Å². The molecule has 16 heavy (non-hydrogen) atoms. The molecular weight excluding hydrogens is 230 g/mol. The molecule has 0 aromatic carbocycles. The third-order valence-corrected chi connectivity index (χ3v) is 4.32. The summed E-state index contributed by atoms with van der Waals surface area (Å²) in [7, 11) is -1.67. The Bertz CT molecular complexity index is 462. The van der Waals surface area contributed by atoms with E-state index in [4.69, 9.17) is 4.74 Å². The Kier molecular flexibility index (Phi) is 3.00. The van der Waals surface area contributed by atoms with Crippen LogP contribution in [0.4, 0.5) is 0 Å². The van der Waals surface area contributed by atoms with Crippen molar-refractivity contribution in [3.05, 3.63) is 12.4 Å². The number of hydrogen-bond donors (Lipinski definition) is 0. The number of sulfonamides is 1. The minimum absolute atomic E-state index is 0.0384. The summed E-state index contributed by atoms with van der Waals surface area (Å²) >= 11 is 0. The molecule has 1 fully saturated rings. The van der Waals surface area contributed by atoms with Crippen LogP contribution in [-0.2, 0) is 21.8 Å². The summed E-state index contributed by atoms with van der Waals surface area (Å²) in [6.45, 7) is 3.39. The lowest BCUT2D eigenvalue weighted by molar-refractivity contribution is -0.0135. The van der Waals surface area contributed by atoms with Gasteiger partial charge in [0.15, 0.2) is 0 Å². The van der Waals surface area contributed by atoms with Gasteiger partial charge in [0.05, 0.1) is 12.3 Å². The van der Waals surface area contributed by atoms with Crippen molar-refractivity contribution < 1.29 is 13.2 Å². The fourth-order valence-corrected chi connectivity index (χ4v) is 3.11. The molecule has 1 saturated heterocycles. The molecule has 0 aliphatic carbocycles. The average Bonchev–Trinajstić information content (AvgIpc) is 2.57. The normalized spacial score (nSPS) is 18.6. The highest BCUT2D eigenvalue weighted by Crippen LogP contribution is 2.22. The Morgan fingerprint density at radius 1 is 1.56 bits per heavy atom. The second-order valence-electron chi connectivity index (χ2n) is 3.75. The minimum Gasteiger partial charge on any atom is -0.376 e. The standard InChI is InChI=1S/C9H15N3O3S/c1-3-15-8-5-12(6-8)16(13,14)9-4-10-11(2)7-9/h4,7-8H,3,5-6H2,1-2H3. The molecule has 0 saturated carbocycles. The maximum atomic E-state index is 12.0. The maximum absolute atomic E-state index is 12.0. The van der Waals surface area contributed by atoms with Crippen LogP contribution in [0.3, 0.4) is 0 Å². The van der Waals surface area contributed by atoms with Crippen molar-refractivity contribution in [3.8, 4) is 0 Å². The van der Waals surface area contributed by atoms with Crippen LogP contribution < -0.4 is 0 Å². The van der Waals surface area contributed by atoms with Gasteiger partial charge < -0.3 is 4.74 Å². The molecule has 0 bridgehead atoms. The van der Waals surface area contributed by atoms with Gasteiger partial charge in [-0.25, -0.2) is 8.42 Å². The first-order valence-corrected chi connectivity index (χ1v) is 6.58. The van der Waals surface area contributed by atoms with Crippen molar-refractivity contribution in [3.63, 3.8) is 0 Å². The largest absolute Gasteiger partial charge is 0.376 e. The zero-order valence-electron chi connectivity index (χ0n) is 9.33. The van der Waals surface area contributed by atoms with E-state index in [0.717, 1.165) is 0 Å². The molecule has 90 valence electrons. The molecule has 1 aliphatic heterocycles. The Morgan fingerprint density at radius 3 is 2.75 bits per heavy atom. The van der Waals surface area contributed by atoms with Crippen LogP contribution in [0.25, 0.3) is 0 Å². The van der Waals surface area contributed by atoms with E-state index in [1.807, 2.05) is 6.92 Å². The van der Waals surface area contributed by atoms with Crippen LogP contribution in [0.15, 0.2) is 17.3 Å². The minimum atomic E-state index is -3.36. The second-order valence-corrected chi connectivity index (χ2v) is 5.69. The molecule has 2 rings (SSSR count). The van der Waals surface area contributed by atoms with Gasteiger partial charge in [0.1, 0.15) is 4.90 Å². The van der Waals surface area contributed by atoms with Gasteiger partial charge in [0.2, 0.25) is 10.0 Å². The average molecular weight is 245 g/mol. The third kappa shape index (κ3) is 1.98. The molecular formula is C9H15N3O3S. The third-order valence-electron chi connectivity index (χ3n) is 2.54. The van der Waals surface area contributed by atoms with E-state index < -0.39 is 10.0 Å². The highest BCUT2D eigenvalue weighted by molar-refractivity contribution is 7.89. The first-order chi connectivity index (χ1) is 7.54. The summed E-state index contributed by atoms with van der Waals surface area (Å²) in [5, 5.41) is 3.86. The predicted molar refractivity (Wildman–Crippen MR) is 57.4 cm³/mol. The van der Waals surface area contributed by atoms with Crippen molar-refractivity contribution in [1.82, 2.24) is 14.1 Å². The predicted octanol–water partition coefficient (Wildman–Crippen LogP) is -0.170. The van der Waals surface area contributed by atoms with Crippen molar-refractivity contribution in [1.29, 1.82) is 0 Å². The van der Waals surface area contributed by atoms with E-state index in [1.165, 1.54) is 21.4 Å². The lowest BCUT2D eigenvalue weighted by Crippen LogP contribution is -2.54. The number of ether oxygens (including phenoxy) is 1. The van der Waals surface area contributed by atoms with Crippen LogP contribution >= 0.6 is 0 Å². The van der Waals surface area contributed by atoms with Crippen LogP contribution in [0, 0.1) is 0 Å². The quantitative estimate of drug-likeness (QED) is 0.738. The monoisotopic (exact) mass is 245 g/mol. The van der Waals surface area contributed by atoms with E-state index in [9.17, 15) is 8.42 Å². The molecule has 0 atom stereocenters. The fourth-order valence-electron chi connectivity index (χ4n) is 1.62. The van der Waals surface area contributed by atoms with Crippen molar-refractivity contribution in [2.75, 3.05) is 19.7 Å². The molecule has 1 aromatic heterocycles. The second kappa shape index (κ2) is 4.15. The van der Waals surface area contributed by atoms with Crippen LogP contribution in [0.2, 0.25) is 0 Å². The number of hydrogen-bond acceptors (Lipinski definition) is 4. The summed E-state index contributed by atoms with van der Waals surface area (Å²) in [6.07, 6.45) is 2.91. The van der Waals surface area contributed by atoms with Gasteiger partial charge in [-0.1, -0.05) is 0 Å². The summed E-state index contributed by atoms with van der Waals surface area (Å²) in [5.74, 6) is 0. The van der Waals surface area contributed by atoms with Crippen molar-refractivity contribution in [2.24, 2.45) is 7.05 Å². The van der Waals surface area contributed by atoms with Crippen molar-refractivity contribution in [2.45, 2.75) is 17.9 Å². The van der Waals surface area contributed by atoms with E-state index in [-0.39, 0.29) is 11.0 Å². The molecule has 6 nitrogen and oxygen atoms in total. The van der Waals surface area contributed by atoms with Gasteiger partial charge in [-0.2, -0.15) is 9.40 Å². The summed E-state index contributed by atoms with van der Waals surface area (Å²) in [4.78, 5) is 0.241. The summed E-state index contributed by atoms with van der Waals surface area (Å²) < 4.78 is 32.2. The van der Waals surface area contributed by atoms with E-state index in [2.05, 4.69) is 5.10 Å². The molecule has 1 aromatic rings. The lowest BCUT2D eigenvalue weighted by Gasteiger charge is -2.37. The molecule has 1 aliphatic rings. The highest BCUT2D eigenvalue weighted by atomic mass is 32.2. The molecule has 0 amide bonds. The molecule has 0 N–H and O–H groups in total. The smallest absolute Gasteiger partial charge is 0.246 e. The summed E-state index contributed by atoms with van der Waals surface area (Å²) in [5.41, 5.74) is 0. The van der Waals surface area contributed by atoms with Gasteiger partial charge in [-0.3, -0.25) is 4.68 Å². The molecule has 0 radical (unpaired) electrons. The Labute approximate surface area is 94.9 Å². The van der Waals surface area contributed by atoms with Gasteiger partial charge in [-0.15, -0.1) is 0 Å². The first-order valence-electron chi connectivity index (χ1n) is 5.14. The number of aryl methyl sites for hydroxylation is 1. The zero-order valence-corrected chi connectivity index (χ0v) is 10.1. The van der Waals surface area contributed by atoms with Crippen LogP contribution in [0.1, 0.15) is 6.92 Å². The van der Waals surface area contributed by atoms with Gasteiger partial charge in [0.25, 0.3) is 0 Å². The molecule has 0 unspecified atom stereocenters. The fraction of sp³-hybridized carbons (Fsp3) is 0.667. The highest BCUT2D eigenvalue weighted by Gasteiger charge is 2.37. The van der Waals surface area contributed by atoms with E-state index in [1.54, 1.807) is 7.05 Å². The van der Waals surface area contributed by atoms with Gasteiger partial charge >= 0.3 is 0 Å². The lowest BCUT2D eigenvalue weighted by atomic mass is 10.2. The number of nitrogens with zero attached hydrogens (tertiary/aromatic N) is 3. The number of rotatable bonds is 4. The zero-order chi connectivity index (χ0) is 11.8. The Balaban J connectivity index is 2.05. The first kappa shape index (κ1) is 11.6. The van der Waals surface area contributed by atoms with Gasteiger partial charge in [0, 0.05) is 32.9 Å². The van der Waals surface area contributed by atoms with Crippen LogP contribution in [-0.4, -0.2) is 48.3 Å². The summed E-state index contributed by atoms with van der Waals surface area (Å²) in [6, 6.07) is 0. The Morgan fingerprint density at radius 2 is 2.25 bits per heavy atom. The number of aromatic nitrogens is 2. The SMILES string of the molecule is CCOC1CN(S(=O)(=O)c2cnn(C)c2)C1.